The predicted molar refractivity (Wildman–Crippen MR) is 106 cm³/mol. The molecule has 0 bridgehead atoms. The first-order valence-corrected chi connectivity index (χ1v) is 8.41. The molecular weight excluding hydrogens is 298 g/mol. The van der Waals surface area contributed by atoms with E-state index in [0.717, 1.165) is 36.6 Å². The average Bonchev–Trinajstić information content (AvgIpc) is 2.57. The molecule has 0 saturated heterocycles. The smallest absolute Gasteiger partial charge is 0.0720 e. The Bertz CT molecular complexity index is 522. The molecule has 0 aliphatic heterocycles. The largest absolute Gasteiger partial charge is 0.381 e. The highest BCUT2D eigenvalue weighted by Crippen LogP contribution is 2.20. The predicted octanol–water partition coefficient (Wildman–Crippen LogP) is 3.21. The quantitative estimate of drug-likeness (QED) is 0.166. The highest BCUT2D eigenvalue weighted by molar-refractivity contribution is 5.68. The van der Waals surface area contributed by atoms with E-state index < -0.39 is 0 Å². The summed E-state index contributed by atoms with van der Waals surface area (Å²) in [4.78, 5) is 0. The molecule has 1 aromatic rings. The van der Waals surface area contributed by atoms with Gasteiger partial charge in [-0.25, -0.2) is 5.43 Å². The number of hydrazine groups is 1. The van der Waals surface area contributed by atoms with Gasteiger partial charge in [0.25, 0.3) is 0 Å². The monoisotopic (exact) mass is 329 g/mol. The second-order valence-electron chi connectivity index (χ2n) is 5.67. The van der Waals surface area contributed by atoms with Crippen LogP contribution in [0, 0.1) is 0 Å². The maximum absolute atomic E-state index is 3.74. The summed E-state index contributed by atoms with van der Waals surface area (Å²) in [5, 5.41) is 9.98. The van der Waals surface area contributed by atoms with Crippen molar-refractivity contribution in [1.29, 1.82) is 0 Å². The van der Waals surface area contributed by atoms with Crippen molar-refractivity contribution in [2.75, 3.05) is 30.5 Å². The fraction of sp³-hybridized carbons (Fsp3) is 0.368. The molecule has 0 fully saturated rings. The van der Waals surface area contributed by atoms with Crippen molar-refractivity contribution in [3.63, 3.8) is 0 Å². The SMILES string of the molecule is C=C/C=C(\C=C)NCNCCCNNc1ccccc1NC(C)C. The van der Waals surface area contributed by atoms with Crippen molar-refractivity contribution < 1.29 is 0 Å². The number of nitrogens with one attached hydrogen (secondary N) is 5. The van der Waals surface area contributed by atoms with Gasteiger partial charge in [-0.05, 0) is 51.1 Å². The number of para-hydroxylation sites is 2. The third kappa shape index (κ3) is 8.41. The van der Waals surface area contributed by atoms with Crippen molar-refractivity contribution in [3.05, 3.63) is 61.3 Å². The van der Waals surface area contributed by atoms with Crippen LogP contribution in [0.25, 0.3) is 0 Å². The minimum absolute atomic E-state index is 0.403. The van der Waals surface area contributed by atoms with Gasteiger partial charge in [0.2, 0.25) is 0 Å². The molecule has 0 spiro atoms. The summed E-state index contributed by atoms with van der Waals surface area (Å²) in [6.45, 7) is 14.2. The Balaban J connectivity index is 2.15. The third-order valence-electron chi connectivity index (χ3n) is 3.18. The Kier molecular flexibility index (Phi) is 10.1. The van der Waals surface area contributed by atoms with Gasteiger partial charge in [-0.1, -0.05) is 31.4 Å². The molecule has 0 unspecified atom stereocenters. The second kappa shape index (κ2) is 12.2. The second-order valence-corrected chi connectivity index (χ2v) is 5.67. The zero-order valence-electron chi connectivity index (χ0n) is 14.9. The molecule has 0 aromatic heterocycles. The van der Waals surface area contributed by atoms with Gasteiger partial charge in [0.1, 0.15) is 0 Å². The van der Waals surface area contributed by atoms with Crippen molar-refractivity contribution >= 4 is 11.4 Å². The van der Waals surface area contributed by atoms with E-state index >= 15 is 0 Å². The Labute approximate surface area is 146 Å². The molecule has 0 amide bonds. The van der Waals surface area contributed by atoms with Crippen molar-refractivity contribution in [3.8, 4) is 0 Å². The summed E-state index contributed by atoms with van der Waals surface area (Å²) < 4.78 is 0. The van der Waals surface area contributed by atoms with Gasteiger partial charge in [-0.3, -0.25) is 0 Å². The van der Waals surface area contributed by atoms with E-state index in [1.165, 1.54) is 0 Å². The lowest BCUT2D eigenvalue weighted by Crippen LogP contribution is -2.31. The zero-order chi connectivity index (χ0) is 17.6. The fourth-order valence-corrected chi connectivity index (χ4v) is 2.07. The summed E-state index contributed by atoms with van der Waals surface area (Å²) >= 11 is 0. The maximum Gasteiger partial charge on any atom is 0.0720 e. The van der Waals surface area contributed by atoms with Crippen LogP contribution in [0.5, 0.6) is 0 Å². The number of allylic oxidation sites excluding steroid dienone is 3. The summed E-state index contributed by atoms with van der Waals surface area (Å²) in [6.07, 6.45) is 6.43. The van der Waals surface area contributed by atoms with Crippen LogP contribution in [-0.2, 0) is 0 Å². The number of hydrogen-bond acceptors (Lipinski definition) is 5. The normalized spacial score (nSPS) is 11.2. The summed E-state index contributed by atoms with van der Waals surface area (Å²) in [5.74, 6) is 0. The topological polar surface area (TPSA) is 60.1 Å². The first kappa shape index (κ1) is 19.8. The van der Waals surface area contributed by atoms with E-state index in [-0.39, 0.29) is 0 Å². The van der Waals surface area contributed by atoms with Crippen LogP contribution < -0.4 is 26.8 Å². The maximum atomic E-state index is 3.74. The molecule has 5 heteroatoms. The molecule has 24 heavy (non-hydrogen) atoms. The molecule has 0 radical (unpaired) electrons. The summed E-state index contributed by atoms with van der Waals surface area (Å²) in [6, 6.07) is 8.59. The van der Waals surface area contributed by atoms with Crippen LogP contribution in [0.3, 0.4) is 0 Å². The molecule has 0 aliphatic rings. The molecule has 0 heterocycles. The molecule has 1 rings (SSSR count). The van der Waals surface area contributed by atoms with Crippen LogP contribution >= 0.6 is 0 Å². The van der Waals surface area contributed by atoms with Crippen LogP contribution in [-0.4, -0.2) is 25.8 Å². The first-order valence-electron chi connectivity index (χ1n) is 8.41. The molecule has 1 aromatic carbocycles. The van der Waals surface area contributed by atoms with Gasteiger partial charge >= 0.3 is 0 Å². The zero-order valence-corrected chi connectivity index (χ0v) is 14.9. The Morgan fingerprint density at radius 3 is 2.54 bits per heavy atom. The van der Waals surface area contributed by atoms with E-state index in [9.17, 15) is 0 Å². The Hall–Kier alpha value is -2.24. The average molecular weight is 329 g/mol. The highest BCUT2D eigenvalue weighted by atomic mass is 15.4. The molecule has 5 N–H and O–H groups in total. The molecule has 0 atom stereocenters. The van der Waals surface area contributed by atoms with Crippen LogP contribution in [0.4, 0.5) is 11.4 Å². The van der Waals surface area contributed by atoms with E-state index in [4.69, 9.17) is 0 Å². The number of benzene rings is 1. The third-order valence-corrected chi connectivity index (χ3v) is 3.18. The van der Waals surface area contributed by atoms with Crippen molar-refractivity contribution in [1.82, 2.24) is 16.1 Å². The van der Waals surface area contributed by atoms with E-state index in [1.54, 1.807) is 12.2 Å². The van der Waals surface area contributed by atoms with Crippen LogP contribution in [0.1, 0.15) is 20.3 Å². The minimum atomic E-state index is 0.403. The standard InChI is InChI=1S/C19H31N5/c1-5-10-17(6-2)21-15-20-13-9-14-22-24-19-12-8-7-11-18(19)23-16(3)4/h5-8,10-12,16,20-24H,1-2,9,13-15H2,3-4H3/b17-10+. The van der Waals surface area contributed by atoms with Gasteiger partial charge in [-0.15, -0.1) is 0 Å². The molecule has 132 valence electrons. The minimum Gasteiger partial charge on any atom is -0.381 e. The lowest BCUT2D eigenvalue weighted by atomic mass is 10.2. The van der Waals surface area contributed by atoms with Gasteiger partial charge < -0.3 is 21.4 Å². The van der Waals surface area contributed by atoms with Gasteiger partial charge in [0.15, 0.2) is 0 Å². The number of anilines is 2. The lowest BCUT2D eigenvalue weighted by Gasteiger charge is -2.16. The van der Waals surface area contributed by atoms with Gasteiger partial charge in [-0.2, -0.15) is 0 Å². The van der Waals surface area contributed by atoms with Gasteiger partial charge in [0.05, 0.1) is 18.0 Å². The van der Waals surface area contributed by atoms with Crippen molar-refractivity contribution in [2.24, 2.45) is 0 Å². The van der Waals surface area contributed by atoms with E-state index in [0.29, 0.717) is 12.7 Å². The summed E-state index contributed by atoms with van der Waals surface area (Å²) in [5.41, 5.74) is 9.65. The van der Waals surface area contributed by atoms with Crippen molar-refractivity contribution in [2.45, 2.75) is 26.3 Å². The number of hydrogen-bond donors (Lipinski definition) is 5. The van der Waals surface area contributed by atoms with Crippen LogP contribution in [0.15, 0.2) is 61.3 Å². The fourth-order valence-electron chi connectivity index (χ4n) is 2.07. The molecular formula is C19H31N5. The lowest BCUT2D eigenvalue weighted by molar-refractivity contribution is 0.597. The highest BCUT2D eigenvalue weighted by Gasteiger charge is 2.01. The first-order chi connectivity index (χ1) is 11.7. The molecule has 0 aliphatic carbocycles. The summed E-state index contributed by atoms with van der Waals surface area (Å²) in [7, 11) is 0. The van der Waals surface area contributed by atoms with Gasteiger partial charge in [0, 0.05) is 18.3 Å². The van der Waals surface area contributed by atoms with E-state index in [1.807, 2.05) is 18.2 Å². The number of rotatable bonds is 13. The molecule has 5 nitrogen and oxygen atoms in total. The van der Waals surface area contributed by atoms with E-state index in [2.05, 4.69) is 65.9 Å². The molecule has 0 saturated carbocycles. The Morgan fingerprint density at radius 1 is 1.12 bits per heavy atom. The Morgan fingerprint density at radius 2 is 1.88 bits per heavy atom. The van der Waals surface area contributed by atoms with Crippen LogP contribution in [0.2, 0.25) is 0 Å².